The standard InChI is InChI=1S/C16H22ClNO/c17-13-5-3-4-12-6-9-16(19)8-2-1-7-15(16,10-11-18)14(12)13/h3-5,19H,1-2,6-11,18H2/t15-,16+/m0/s1. The first-order chi connectivity index (χ1) is 9.13. The lowest BCUT2D eigenvalue weighted by atomic mass is 9.53. The first-order valence-electron chi connectivity index (χ1n) is 7.33. The molecule has 1 aromatic carbocycles. The number of halogens is 1. The van der Waals surface area contributed by atoms with Gasteiger partial charge in [0.1, 0.15) is 0 Å². The summed E-state index contributed by atoms with van der Waals surface area (Å²) in [6.07, 6.45) is 6.78. The third kappa shape index (κ3) is 1.84. The van der Waals surface area contributed by atoms with E-state index < -0.39 is 5.60 Å². The maximum absolute atomic E-state index is 11.2. The summed E-state index contributed by atoms with van der Waals surface area (Å²) in [5.74, 6) is 0. The lowest BCUT2D eigenvalue weighted by molar-refractivity contribution is -0.0861. The van der Waals surface area contributed by atoms with Crippen LogP contribution in [0.5, 0.6) is 0 Å². The molecule has 0 unspecified atom stereocenters. The van der Waals surface area contributed by atoms with Crippen molar-refractivity contribution in [3.05, 3.63) is 34.3 Å². The summed E-state index contributed by atoms with van der Waals surface area (Å²) in [6.45, 7) is 0.604. The highest BCUT2D eigenvalue weighted by atomic mass is 35.5. The molecule has 3 heteroatoms. The molecule has 1 fully saturated rings. The van der Waals surface area contributed by atoms with E-state index in [4.69, 9.17) is 17.3 Å². The second-order valence-corrected chi connectivity index (χ2v) is 6.54. The van der Waals surface area contributed by atoms with E-state index in [0.29, 0.717) is 6.54 Å². The summed E-state index contributed by atoms with van der Waals surface area (Å²) < 4.78 is 0. The molecule has 3 N–H and O–H groups in total. The summed E-state index contributed by atoms with van der Waals surface area (Å²) >= 11 is 6.50. The lowest BCUT2D eigenvalue weighted by Gasteiger charge is -2.55. The molecule has 19 heavy (non-hydrogen) atoms. The number of fused-ring (bicyclic) bond motifs is 3. The van der Waals surface area contributed by atoms with Crippen molar-refractivity contribution in [2.24, 2.45) is 5.73 Å². The van der Waals surface area contributed by atoms with Crippen LogP contribution in [0.25, 0.3) is 0 Å². The van der Waals surface area contributed by atoms with E-state index in [0.717, 1.165) is 50.0 Å². The molecule has 0 radical (unpaired) electrons. The average molecular weight is 280 g/mol. The van der Waals surface area contributed by atoms with Crippen LogP contribution in [0.3, 0.4) is 0 Å². The molecule has 0 saturated heterocycles. The fourth-order valence-electron chi connectivity index (χ4n) is 4.42. The van der Waals surface area contributed by atoms with Crippen LogP contribution in [0.2, 0.25) is 5.02 Å². The Bertz CT molecular complexity index is 486. The van der Waals surface area contributed by atoms with E-state index in [2.05, 4.69) is 6.07 Å². The highest BCUT2D eigenvalue weighted by Crippen LogP contribution is 2.56. The predicted octanol–water partition coefficient (Wildman–Crippen LogP) is 3.18. The van der Waals surface area contributed by atoms with Gasteiger partial charge >= 0.3 is 0 Å². The zero-order valence-electron chi connectivity index (χ0n) is 11.3. The van der Waals surface area contributed by atoms with E-state index in [-0.39, 0.29) is 5.41 Å². The fraction of sp³-hybridized carbons (Fsp3) is 0.625. The van der Waals surface area contributed by atoms with Gasteiger partial charge in [0.25, 0.3) is 0 Å². The van der Waals surface area contributed by atoms with Crippen molar-refractivity contribution in [2.45, 2.75) is 56.0 Å². The molecule has 2 aliphatic rings. The average Bonchev–Trinajstić information content (AvgIpc) is 2.40. The molecular weight excluding hydrogens is 258 g/mol. The van der Waals surface area contributed by atoms with Crippen LogP contribution in [0.4, 0.5) is 0 Å². The molecule has 3 rings (SSSR count). The van der Waals surface area contributed by atoms with Crippen LogP contribution in [0, 0.1) is 0 Å². The zero-order chi connectivity index (χ0) is 13.5. The highest BCUT2D eigenvalue weighted by Gasteiger charge is 2.55. The zero-order valence-corrected chi connectivity index (χ0v) is 12.0. The number of hydrogen-bond acceptors (Lipinski definition) is 2. The SMILES string of the molecule is NCC[C@]12CCCC[C@@]1(O)CCc1cccc(Cl)c12. The molecular formula is C16H22ClNO. The Kier molecular flexibility index (Phi) is 3.36. The largest absolute Gasteiger partial charge is 0.389 e. The molecule has 0 spiro atoms. The van der Waals surface area contributed by atoms with Gasteiger partial charge in [-0.3, -0.25) is 0 Å². The molecule has 1 saturated carbocycles. The van der Waals surface area contributed by atoms with Crippen LogP contribution in [0.15, 0.2) is 18.2 Å². The normalized spacial score (nSPS) is 33.6. The topological polar surface area (TPSA) is 46.2 Å². The van der Waals surface area contributed by atoms with E-state index in [1.54, 1.807) is 0 Å². The Morgan fingerprint density at radius 1 is 1.21 bits per heavy atom. The second-order valence-electron chi connectivity index (χ2n) is 6.13. The van der Waals surface area contributed by atoms with Gasteiger partial charge in [-0.15, -0.1) is 0 Å². The third-order valence-corrected chi connectivity index (χ3v) is 5.61. The van der Waals surface area contributed by atoms with Crippen molar-refractivity contribution in [1.29, 1.82) is 0 Å². The minimum atomic E-state index is -0.609. The Morgan fingerprint density at radius 3 is 2.79 bits per heavy atom. The van der Waals surface area contributed by atoms with Crippen molar-refractivity contribution < 1.29 is 5.11 Å². The number of benzene rings is 1. The first-order valence-corrected chi connectivity index (χ1v) is 7.71. The summed E-state index contributed by atoms with van der Waals surface area (Å²) in [7, 11) is 0. The van der Waals surface area contributed by atoms with Crippen LogP contribution in [-0.2, 0) is 11.8 Å². The Hall–Kier alpha value is -0.570. The minimum absolute atomic E-state index is 0.216. The number of aliphatic hydroxyl groups is 1. The fourth-order valence-corrected chi connectivity index (χ4v) is 4.80. The van der Waals surface area contributed by atoms with Gasteiger partial charge in [-0.1, -0.05) is 36.6 Å². The Morgan fingerprint density at radius 2 is 2.00 bits per heavy atom. The van der Waals surface area contributed by atoms with Crippen LogP contribution in [0.1, 0.15) is 49.7 Å². The molecule has 2 nitrogen and oxygen atoms in total. The van der Waals surface area contributed by atoms with Crippen molar-refractivity contribution in [3.63, 3.8) is 0 Å². The van der Waals surface area contributed by atoms with Gasteiger partial charge in [0.15, 0.2) is 0 Å². The molecule has 0 aromatic heterocycles. The molecule has 0 aliphatic heterocycles. The number of aryl methyl sites for hydroxylation is 1. The summed E-state index contributed by atoms with van der Waals surface area (Å²) in [5.41, 5.74) is 7.55. The number of hydrogen-bond donors (Lipinski definition) is 2. The van der Waals surface area contributed by atoms with Gasteiger partial charge < -0.3 is 10.8 Å². The molecule has 1 aromatic rings. The molecule has 104 valence electrons. The van der Waals surface area contributed by atoms with Crippen molar-refractivity contribution in [1.82, 2.24) is 0 Å². The first kappa shape index (κ1) is 13.4. The smallest absolute Gasteiger partial charge is 0.0748 e. The summed E-state index contributed by atoms with van der Waals surface area (Å²) in [5, 5.41) is 12.0. The summed E-state index contributed by atoms with van der Waals surface area (Å²) in [4.78, 5) is 0. The van der Waals surface area contributed by atoms with Crippen molar-refractivity contribution in [2.75, 3.05) is 6.54 Å². The number of rotatable bonds is 2. The second kappa shape index (κ2) is 4.76. The number of nitrogens with two attached hydrogens (primary N) is 1. The van der Waals surface area contributed by atoms with Gasteiger partial charge in [0, 0.05) is 10.4 Å². The van der Waals surface area contributed by atoms with Crippen LogP contribution in [-0.4, -0.2) is 17.3 Å². The van der Waals surface area contributed by atoms with E-state index in [1.807, 2.05) is 12.1 Å². The molecule has 0 heterocycles. The van der Waals surface area contributed by atoms with Crippen LogP contribution >= 0.6 is 11.6 Å². The van der Waals surface area contributed by atoms with Crippen molar-refractivity contribution in [3.8, 4) is 0 Å². The maximum Gasteiger partial charge on any atom is 0.0748 e. The highest BCUT2D eigenvalue weighted by molar-refractivity contribution is 6.31. The predicted molar refractivity (Wildman–Crippen MR) is 78.5 cm³/mol. The lowest BCUT2D eigenvalue weighted by Crippen LogP contribution is -2.57. The van der Waals surface area contributed by atoms with E-state index >= 15 is 0 Å². The van der Waals surface area contributed by atoms with E-state index in [9.17, 15) is 5.11 Å². The van der Waals surface area contributed by atoms with Gasteiger partial charge in [0.05, 0.1) is 5.60 Å². The van der Waals surface area contributed by atoms with Crippen LogP contribution < -0.4 is 5.73 Å². The van der Waals surface area contributed by atoms with Gasteiger partial charge in [-0.2, -0.15) is 0 Å². The minimum Gasteiger partial charge on any atom is -0.389 e. The molecule has 0 amide bonds. The molecule has 0 bridgehead atoms. The van der Waals surface area contributed by atoms with Crippen molar-refractivity contribution >= 4 is 11.6 Å². The quantitative estimate of drug-likeness (QED) is 0.873. The Balaban J connectivity index is 2.21. The monoisotopic (exact) mass is 279 g/mol. The van der Waals surface area contributed by atoms with E-state index in [1.165, 1.54) is 11.1 Å². The molecule has 2 aliphatic carbocycles. The van der Waals surface area contributed by atoms with Gasteiger partial charge in [-0.05, 0) is 55.8 Å². The van der Waals surface area contributed by atoms with Gasteiger partial charge in [0.2, 0.25) is 0 Å². The Labute approximate surface area is 120 Å². The van der Waals surface area contributed by atoms with Gasteiger partial charge in [-0.25, -0.2) is 0 Å². The molecule has 2 atom stereocenters. The summed E-state index contributed by atoms with van der Waals surface area (Å²) in [6, 6.07) is 6.14. The third-order valence-electron chi connectivity index (χ3n) is 5.29. The maximum atomic E-state index is 11.2.